The number of rotatable bonds is 4. The van der Waals surface area contributed by atoms with Gasteiger partial charge in [-0.3, -0.25) is 9.48 Å². The SMILES string of the molecule is O=C(Cn1cccn1)Nc1ccc(C#CCCO)c(F)c1. The number of carbonyl (C=O) groups excluding carboxylic acids is 1. The lowest BCUT2D eigenvalue weighted by atomic mass is 10.2. The molecule has 1 aromatic carbocycles. The van der Waals surface area contributed by atoms with E-state index in [1.54, 1.807) is 24.5 Å². The summed E-state index contributed by atoms with van der Waals surface area (Å²) >= 11 is 0. The number of nitrogens with one attached hydrogen (secondary N) is 1. The van der Waals surface area contributed by atoms with E-state index in [9.17, 15) is 9.18 Å². The van der Waals surface area contributed by atoms with Crippen LogP contribution in [0.4, 0.5) is 10.1 Å². The predicted octanol–water partition coefficient (Wildman–Crippen LogP) is 1.39. The maximum atomic E-state index is 13.8. The van der Waals surface area contributed by atoms with E-state index < -0.39 is 5.82 Å². The molecule has 5 nitrogen and oxygen atoms in total. The van der Waals surface area contributed by atoms with Crippen LogP contribution in [0.15, 0.2) is 36.7 Å². The van der Waals surface area contributed by atoms with Crippen LogP contribution in [0, 0.1) is 17.7 Å². The minimum Gasteiger partial charge on any atom is -0.395 e. The lowest BCUT2D eigenvalue weighted by molar-refractivity contribution is -0.116. The van der Waals surface area contributed by atoms with E-state index in [1.165, 1.54) is 16.8 Å². The Morgan fingerprint density at radius 2 is 2.33 bits per heavy atom. The molecule has 0 unspecified atom stereocenters. The Balaban J connectivity index is 2.00. The third-order valence-electron chi connectivity index (χ3n) is 2.58. The Kier molecular flexibility index (Phi) is 5.07. The van der Waals surface area contributed by atoms with Crippen molar-refractivity contribution in [3.05, 3.63) is 48.0 Å². The lowest BCUT2D eigenvalue weighted by Crippen LogP contribution is -2.19. The zero-order valence-electron chi connectivity index (χ0n) is 11.2. The van der Waals surface area contributed by atoms with E-state index in [2.05, 4.69) is 22.3 Å². The van der Waals surface area contributed by atoms with Crippen LogP contribution < -0.4 is 5.32 Å². The minimum atomic E-state index is -0.516. The van der Waals surface area contributed by atoms with Crippen LogP contribution >= 0.6 is 0 Å². The molecular formula is C15H14FN3O2. The third-order valence-corrected chi connectivity index (χ3v) is 2.58. The summed E-state index contributed by atoms with van der Waals surface area (Å²) in [6, 6.07) is 5.99. The Hall–Kier alpha value is -2.65. The molecule has 2 aromatic rings. The number of hydrogen-bond acceptors (Lipinski definition) is 3. The molecule has 2 N–H and O–H groups in total. The van der Waals surface area contributed by atoms with Crippen LogP contribution in [-0.4, -0.2) is 27.4 Å². The summed E-state index contributed by atoms with van der Waals surface area (Å²) in [6.45, 7) is 0.00284. The van der Waals surface area contributed by atoms with Crippen LogP contribution in [0.3, 0.4) is 0 Å². The summed E-state index contributed by atoms with van der Waals surface area (Å²) in [5.74, 6) is 4.45. The van der Waals surface area contributed by atoms with Gasteiger partial charge < -0.3 is 10.4 Å². The highest BCUT2D eigenvalue weighted by Crippen LogP contribution is 2.14. The second-order valence-corrected chi connectivity index (χ2v) is 4.22. The van der Waals surface area contributed by atoms with Gasteiger partial charge in [0.2, 0.25) is 5.91 Å². The average molecular weight is 287 g/mol. The first kappa shape index (κ1) is 14.8. The number of anilines is 1. The van der Waals surface area contributed by atoms with Crippen LogP contribution in [0.2, 0.25) is 0 Å². The minimum absolute atomic E-state index is 0.0593. The van der Waals surface area contributed by atoms with Crippen molar-refractivity contribution in [2.75, 3.05) is 11.9 Å². The molecule has 0 fully saturated rings. The number of amides is 1. The average Bonchev–Trinajstić information content (AvgIpc) is 2.94. The Morgan fingerprint density at radius 3 is 3.00 bits per heavy atom. The fraction of sp³-hybridized carbons (Fsp3) is 0.200. The molecule has 2 rings (SSSR count). The summed E-state index contributed by atoms with van der Waals surface area (Å²) in [6.07, 6.45) is 3.54. The molecule has 21 heavy (non-hydrogen) atoms. The van der Waals surface area contributed by atoms with Gasteiger partial charge in [0.15, 0.2) is 0 Å². The molecule has 108 valence electrons. The molecular weight excluding hydrogens is 273 g/mol. The summed E-state index contributed by atoms with van der Waals surface area (Å²) in [5, 5.41) is 15.1. The van der Waals surface area contributed by atoms with Crippen molar-refractivity contribution >= 4 is 11.6 Å². The van der Waals surface area contributed by atoms with Gasteiger partial charge in [0.1, 0.15) is 12.4 Å². The Morgan fingerprint density at radius 1 is 1.48 bits per heavy atom. The van der Waals surface area contributed by atoms with E-state index in [0.29, 0.717) is 12.1 Å². The first-order valence-corrected chi connectivity index (χ1v) is 6.35. The maximum absolute atomic E-state index is 13.8. The number of halogens is 1. The van der Waals surface area contributed by atoms with Gasteiger partial charge >= 0.3 is 0 Å². The molecule has 1 amide bonds. The number of aromatic nitrogens is 2. The van der Waals surface area contributed by atoms with E-state index in [-0.39, 0.29) is 24.6 Å². The first-order valence-electron chi connectivity index (χ1n) is 6.35. The van der Waals surface area contributed by atoms with Crippen LogP contribution in [-0.2, 0) is 11.3 Å². The number of aliphatic hydroxyl groups excluding tert-OH is 1. The third kappa shape index (κ3) is 4.44. The quantitative estimate of drug-likeness (QED) is 0.835. The molecule has 0 saturated carbocycles. The van der Waals surface area contributed by atoms with E-state index in [0.717, 1.165) is 0 Å². The monoisotopic (exact) mass is 287 g/mol. The van der Waals surface area contributed by atoms with Crippen LogP contribution in [0.1, 0.15) is 12.0 Å². The van der Waals surface area contributed by atoms with Gasteiger partial charge in [-0.15, -0.1) is 0 Å². The van der Waals surface area contributed by atoms with Crippen molar-refractivity contribution in [3.8, 4) is 11.8 Å². The van der Waals surface area contributed by atoms with Crippen LogP contribution in [0.25, 0.3) is 0 Å². The molecule has 0 aliphatic heterocycles. The topological polar surface area (TPSA) is 67.2 Å². The first-order chi connectivity index (χ1) is 10.2. The molecule has 0 radical (unpaired) electrons. The van der Waals surface area contributed by atoms with Gasteiger partial charge in [-0.1, -0.05) is 11.8 Å². The molecule has 0 saturated heterocycles. The van der Waals surface area contributed by atoms with Gasteiger partial charge in [0, 0.05) is 24.5 Å². The summed E-state index contributed by atoms with van der Waals surface area (Å²) in [4.78, 5) is 11.7. The van der Waals surface area contributed by atoms with Crippen molar-refractivity contribution < 1.29 is 14.3 Å². The van der Waals surface area contributed by atoms with Gasteiger partial charge in [0.25, 0.3) is 0 Å². The summed E-state index contributed by atoms with van der Waals surface area (Å²) in [7, 11) is 0. The zero-order valence-corrected chi connectivity index (χ0v) is 11.2. The lowest BCUT2D eigenvalue weighted by Gasteiger charge is -2.06. The predicted molar refractivity (Wildman–Crippen MR) is 75.8 cm³/mol. The number of aliphatic hydroxyl groups is 1. The van der Waals surface area contributed by atoms with Crippen molar-refractivity contribution in [1.29, 1.82) is 0 Å². The standard InChI is InChI=1S/C15H14FN3O2/c16-14-10-13(6-5-12(14)4-1-2-9-20)18-15(21)11-19-8-3-7-17-19/h3,5-8,10,20H,2,9,11H2,(H,18,21). The largest absolute Gasteiger partial charge is 0.395 e. The smallest absolute Gasteiger partial charge is 0.246 e. The second kappa shape index (κ2) is 7.22. The molecule has 1 aromatic heterocycles. The molecule has 0 spiro atoms. The Bertz CT molecular complexity index is 672. The highest BCUT2D eigenvalue weighted by molar-refractivity contribution is 5.90. The van der Waals surface area contributed by atoms with E-state index >= 15 is 0 Å². The summed E-state index contributed by atoms with van der Waals surface area (Å²) in [5.41, 5.74) is 0.589. The molecule has 0 atom stereocenters. The van der Waals surface area contributed by atoms with Gasteiger partial charge in [-0.05, 0) is 24.3 Å². The fourth-order valence-electron chi connectivity index (χ4n) is 1.65. The van der Waals surface area contributed by atoms with Gasteiger partial charge in [0.05, 0.1) is 12.2 Å². The van der Waals surface area contributed by atoms with Gasteiger partial charge in [-0.2, -0.15) is 5.10 Å². The number of nitrogens with zero attached hydrogens (tertiary/aromatic N) is 2. The molecule has 0 aliphatic rings. The van der Waals surface area contributed by atoms with Crippen molar-refractivity contribution in [2.24, 2.45) is 0 Å². The van der Waals surface area contributed by atoms with Gasteiger partial charge in [-0.25, -0.2) is 4.39 Å². The maximum Gasteiger partial charge on any atom is 0.246 e. The molecule has 6 heteroatoms. The zero-order chi connectivity index (χ0) is 15.1. The normalized spacial score (nSPS) is 9.81. The Labute approximate surface area is 121 Å². The molecule has 0 aliphatic carbocycles. The summed E-state index contributed by atoms with van der Waals surface area (Å²) < 4.78 is 15.2. The molecule has 0 bridgehead atoms. The second-order valence-electron chi connectivity index (χ2n) is 4.22. The van der Waals surface area contributed by atoms with E-state index in [1.807, 2.05) is 0 Å². The number of benzene rings is 1. The van der Waals surface area contributed by atoms with E-state index in [4.69, 9.17) is 5.11 Å². The van der Waals surface area contributed by atoms with Crippen LogP contribution in [0.5, 0.6) is 0 Å². The number of carbonyl (C=O) groups is 1. The highest BCUT2D eigenvalue weighted by atomic mass is 19.1. The van der Waals surface area contributed by atoms with Crippen molar-refractivity contribution in [2.45, 2.75) is 13.0 Å². The molecule has 1 heterocycles. The highest BCUT2D eigenvalue weighted by Gasteiger charge is 2.06. The van der Waals surface area contributed by atoms with Crippen molar-refractivity contribution in [1.82, 2.24) is 9.78 Å². The van der Waals surface area contributed by atoms with Crippen molar-refractivity contribution in [3.63, 3.8) is 0 Å². The fourth-order valence-corrected chi connectivity index (χ4v) is 1.65. The number of hydrogen-bond donors (Lipinski definition) is 2.